The SMILES string of the molecule is Cc1cc2ncc(C(C)NCc3cscn3)c(C)n2n1. The van der Waals surface area contributed by atoms with E-state index < -0.39 is 0 Å². The first-order valence-electron chi connectivity index (χ1n) is 6.57. The molecule has 6 heteroatoms. The van der Waals surface area contributed by atoms with E-state index in [2.05, 4.69) is 39.6 Å². The molecule has 3 aromatic rings. The summed E-state index contributed by atoms with van der Waals surface area (Å²) in [6.45, 7) is 6.97. The van der Waals surface area contributed by atoms with E-state index >= 15 is 0 Å². The Balaban J connectivity index is 1.83. The van der Waals surface area contributed by atoms with E-state index in [1.54, 1.807) is 11.3 Å². The third-order valence-electron chi connectivity index (χ3n) is 3.42. The van der Waals surface area contributed by atoms with E-state index in [4.69, 9.17) is 0 Å². The first kappa shape index (κ1) is 13.2. The van der Waals surface area contributed by atoms with Crippen molar-refractivity contribution in [3.05, 3.63) is 45.8 Å². The van der Waals surface area contributed by atoms with Gasteiger partial charge in [-0.3, -0.25) is 0 Å². The Hall–Kier alpha value is -1.79. The van der Waals surface area contributed by atoms with Crippen LogP contribution in [-0.4, -0.2) is 19.6 Å². The van der Waals surface area contributed by atoms with Gasteiger partial charge in [0.25, 0.3) is 0 Å². The Labute approximate surface area is 121 Å². The summed E-state index contributed by atoms with van der Waals surface area (Å²) in [4.78, 5) is 8.76. The molecule has 20 heavy (non-hydrogen) atoms. The highest BCUT2D eigenvalue weighted by atomic mass is 32.1. The van der Waals surface area contributed by atoms with Crippen LogP contribution in [0.15, 0.2) is 23.2 Å². The van der Waals surface area contributed by atoms with Crippen molar-refractivity contribution >= 4 is 17.0 Å². The van der Waals surface area contributed by atoms with Crippen molar-refractivity contribution in [3.63, 3.8) is 0 Å². The fourth-order valence-electron chi connectivity index (χ4n) is 2.29. The molecule has 0 saturated carbocycles. The average Bonchev–Trinajstić information content (AvgIpc) is 3.05. The van der Waals surface area contributed by atoms with E-state index in [-0.39, 0.29) is 6.04 Å². The minimum absolute atomic E-state index is 0.207. The van der Waals surface area contributed by atoms with Crippen molar-refractivity contribution in [1.29, 1.82) is 0 Å². The number of aromatic nitrogens is 4. The molecule has 3 aromatic heterocycles. The van der Waals surface area contributed by atoms with E-state index in [0.29, 0.717) is 0 Å². The largest absolute Gasteiger partial charge is 0.304 e. The quantitative estimate of drug-likeness (QED) is 0.801. The van der Waals surface area contributed by atoms with Crippen LogP contribution in [0.3, 0.4) is 0 Å². The summed E-state index contributed by atoms with van der Waals surface area (Å²) in [5, 5.41) is 10.0. The topological polar surface area (TPSA) is 55.1 Å². The van der Waals surface area contributed by atoms with E-state index in [1.807, 2.05) is 29.2 Å². The first-order chi connectivity index (χ1) is 9.65. The summed E-state index contributed by atoms with van der Waals surface area (Å²) < 4.78 is 1.91. The van der Waals surface area contributed by atoms with Gasteiger partial charge in [0.1, 0.15) is 0 Å². The Bertz CT molecular complexity index is 717. The van der Waals surface area contributed by atoms with Gasteiger partial charge in [0, 0.05) is 41.5 Å². The number of aryl methyl sites for hydroxylation is 2. The molecule has 1 atom stereocenters. The number of hydrogen-bond donors (Lipinski definition) is 1. The van der Waals surface area contributed by atoms with Crippen molar-refractivity contribution < 1.29 is 0 Å². The van der Waals surface area contributed by atoms with Crippen LogP contribution in [0.1, 0.15) is 35.6 Å². The van der Waals surface area contributed by atoms with E-state index in [9.17, 15) is 0 Å². The zero-order valence-electron chi connectivity index (χ0n) is 11.8. The molecule has 0 spiro atoms. The molecule has 0 fully saturated rings. The first-order valence-corrected chi connectivity index (χ1v) is 7.52. The van der Waals surface area contributed by atoms with Gasteiger partial charge in [0.05, 0.1) is 16.9 Å². The number of thiazole rings is 1. The monoisotopic (exact) mass is 287 g/mol. The second-order valence-electron chi connectivity index (χ2n) is 4.94. The van der Waals surface area contributed by atoms with E-state index in [1.165, 1.54) is 0 Å². The van der Waals surface area contributed by atoms with Crippen LogP contribution in [0.2, 0.25) is 0 Å². The molecule has 0 aliphatic carbocycles. The average molecular weight is 287 g/mol. The predicted octanol–water partition coefficient (Wildman–Crippen LogP) is 2.65. The van der Waals surface area contributed by atoms with Crippen LogP contribution >= 0.6 is 11.3 Å². The zero-order chi connectivity index (χ0) is 14.1. The molecule has 3 heterocycles. The highest BCUT2D eigenvalue weighted by Gasteiger charge is 2.13. The van der Waals surface area contributed by atoms with Gasteiger partial charge >= 0.3 is 0 Å². The van der Waals surface area contributed by atoms with Crippen LogP contribution < -0.4 is 5.32 Å². The number of rotatable bonds is 4. The number of nitrogens with one attached hydrogen (secondary N) is 1. The summed E-state index contributed by atoms with van der Waals surface area (Å²) in [7, 11) is 0. The normalized spacial score (nSPS) is 12.9. The van der Waals surface area contributed by atoms with Crippen LogP contribution in [0.25, 0.3) is 5.65 Å². The maximum atomic E-state index is 4.48. The maximum absolute atomic E-state index is 4.48. The van der Waals surface area contributed by atoms with Crippen LogP contribution in [0, 0.1) is 13.8 Å². The molecule has 104 valence electrons. The molecule has 1 N–H and O–H groups in total. The molecule has 0 radical (unpaired) electrons. The lowest BCUT2D eigenvalue weighted by atomic mass is 10.1. The number of fused-ring (bicyclic) bond motifs is 1. The molecule has 3 rings (SSSR count). The molecular weight excluding hydrogens is 270 g/mol. The Morgan fingerprint density at radius 3 is 2.95 bits per heavy atom. The summed E-state index contributed by atoms with van der Waals surface area (Å²) in [5.74, 6) is 0. The molecule has 1 unspecified atom stereocenters. The smallest absolute Gasteiger partial charge is 0.155 e. The lowest BCUT2D eigenvalue weighted by molar-refractivity contribution is 0.560. The predicted molar refractivity (Wildman–Crippen MR) is 79.8 cm³/mol. The molecular formula is C14H17N5S. The molecule has 5 nitrogen and oxygen atoms in total. The molecule has 0 bridgehead atoms. The van der Waals surface area contributed by atoms with Gasteiger partial charge in [-0.1, -0.05) is 0 Å². The fourth-order valence-corrected chi connectivity index (χ4v) is 2.85. The van der Waals surface area contributed by atoms with Gasteiger partial charge in [-0.05, 0) is 20.8 Å². The lowest BCUT2D eigenvalue weighted by Crippen LogP contribution is -2.20. The summed E-state index contributed by atoms with van der Waals surface area (Å²) in [5.41, 5.74) is 7.10. The van der Waals surface area contributed by atoms with Gasteiger partial charge in [-0.25, -0.2) is 14.5 Å². The second-order valence-corrected chi connectivity index (χ2v) is 5.66. The van der Waals surface area contributed by atoms with Crippen LogP contribution in [0.5, 0.6) is 0 Å². The van der Waals surface area contributed by atoms with Gasteiger partial charge in [-0.15, -0.1) is 11.3 Å². The van der Waals surface area contributed by atoms with Crippen molar-refractivity contribution in [2.75, 3.05) is 0 Å². The maximum Gasteiger partial charge on any atom is 0.155 e. The second kappa shape index (κ2) is 5.30. The van der Waals surface area contributed by atoms with Gasteiger partial charge in [0.15, 0.2) is 5.65 Å². The Morgan fingerprint density at radius 2 is 2.20 bits per heavy atom. The van der Waals surface area contributed by atoms with Gasteiger partial charge < -0.3 is 5.32 Å². The lowest BCUT2D eigenvalue weighted by Gasteiger charge is -2.16. The van der Waals surface area contributed by atoms with Crippen LogP contribution in [0.4, 0.5) is 0 Å². The number of hydrogen-bond acceptors (Lipinski definition) is 5. The standard InChI is InChI=1S/C14H17N5S/c1-9-4-14-16-6-13(11(3)19(14)18-9)10(2)15-5-12-7-20-8-17-12/h4,6-8,10,15H,5H2,1-3H3. The summed E-state index contributed by atoms with van der Waals surface area (Å²) in [6, 6.07) is 2.20. The number of nitrogens with zero attached hydrogens (tertiary/aromatic N) is 4. The van der Waals surface area contributed by atoms with Gasteiger partial charge in [0.2, 0.25) is 0 Å². The molecule has 0 aliphatic rings. The minimum Gasteiger partial charge on any atom is -0.304 e. The molecule has 0 saturated heterocycles. The highest BCUT2D eigenvalue weighted by Crippen LogP contribution is 2.18. The Kier molecular flexibility index (Phi) is 3.50. The van der Waals surface area contributed by atoms with Crippen molar-refractivity contribution in [2.45, 2.75) is 33.4 Å². The summed E-state index contributed by atoms with van der Waals surface area (Å²) >= 11 is 1.62. The van der Waals surface area contributed by atoms with Crippen molar-refractivity contribution in [2.24, 2.45) is 0 Å². The molecule has 0 aromatic carbocycles. The van der Waals surface area contributed by atoms with Crippen molar-refractivity contribution in [1.82, 2.24) is 24.9 Å². The van der Waals surface area contributed by atoms with Crippen LogP contribution in [-0.2, 0) is 6.54 Å². The third-order valence-corrected chi connectivity index (χ3v) is 4.06. The third kappa shape index (κ3) is 2.44. The highest BCUT2D eigenvalue weighted by molar-refractivity contribution is 7.07. The summed E-state index contributed by atoms with van der Waals surface area (Å²) in [6.07, 6.45) is 1.94. The molecule has 0 amide bonds. The zero-order valence-corrected chi connectivity index (χ0v) is 12.6. The van der Waals surface area contributed by atoms with Gasteiger partial charge in [-0.2, -0.15) is 5.10 Å². The van der Waals surface area contributed by atoms with Crippen molar-refractivity contribution in [3.8, 4) is 0 Å². The van der Waals surface area contributed by atoms with E-state index in [0.717, 1.165) is 34.8 Å². The Morgan fingerprint density at radius 1 is 1.35 bits per heavy atom. The molecule has 0 aliphatic heterocycles. The fraction of sp³-hybridized carbons (Fsp3) is 0.357. The minimum atomic E-state index is 0.207.